The normalized spacial score (nSPS) is 15.8. The van der Waals surface area contributed by atoms with Gasteiger partial charge in [0.1, 0.15) is 23.2 Å². The Morgan fingerprint density at radius 2 is 2.28 bits per heavy atom. The second-order valence-corrected chi connectivity index (χ2v) is 6.57. The molecule has 1 aliphatic rings. The van der Waals surface area contributed by atoms with Gasteiger partial charge in [-0.2, -0.15) is 10.4 Å². The SMILES string of the molecule is N#Cc1c(-c2cccs2)nc(N2CCC(/C(=N/N)NN)CC2)[nH]c1=O. The molecule has 0 saturated carbocycles. The number of nitrogens with one attached hydrogen (secondary N) is 2. The van der Waals surface area contributed by atoms with E-state index in [9.17, 15) is 10.1 Å². The number of hydrazone groups is 1. The number of amidine groups is 1. The van der Waals surface area contributed by atoms with Crippen LogP contribution in [0.3, 0.4) is 0 Å². The Bertz CT molecular complexity index is 859. The molecule has 10 heteroatoms. The van der Waals surface area contributed by atoms with Crippen molar-refractivity contribution < 1.29 is 0 Å². The topological polar surface area (TPSA) is 149 Å². The number of aromatic amines is 1. The molecule has 130 valence electrons. The Labute approximate surface area is 147 Å². The fraction of sp³-hybridized carbons (Fsp3) is 0.333. The summed E-state index contributed by atoms with van der Waals surface area (Å²) in [6.07, 6.45) is 1.55. The summed E-state index contributed by atoms with van der Waals surface area (Å²) in [5.74, 6) is 11.9. The van der Waals surface area contributed by atoms with Gasteiger partial charge in [0.15, 0.2) is 0 Å². The first-order chi connectivity index (χ1) is 12.2. The first kappa shape index (κ1) is 16.9. The molecule has 0 radical (unpaired) electrons. The minimum absolute atomic E-state index is 0.0333. The van der Waals surface area contributed by atoms with Crippen molar-refractivity contribution in [2.75, 3.05) is 18.0 Å². The number of thiophene rings is 1. The molecule has 3 heterocycles. The lowest BCUT2D eigenvalue weighted by Gasteiger charge is -2.32. The number of anilines is 1. The molecule has 2 aromatic heterocycles. The van der Waals surface area contributed by atoms with Gasteiger partial charge in [-0.1, -0.05) is 6.07 Å². The maximum absolute atomic E-state index is 12.3. The van der Waals surface area contributed by atoms with E-state index in [0.29, 0.717) is 30.6 Å². The highest BCUT2D eigenvalue weighted by Crippen LogP contribution is 2.27. The van der Waals surface area contributed by atoms with E-state index in [2.05, 4.69) is 20.5 Å². The first-order valence-electron chi connectivity index (χ1n) is 7.75. The lowest BCUT2D eigenvalue weighted by atomic mass is 9.96. The summed E-state index contributed by atoms with van der Waals surface area (Å²) in [6.45, 7) is 1.34. The lowest BCUT2D eigenvalue weighted by Crippen LogP contribution is -2.44. The molecule has 2 aromatic rings. The van der Waals surface area contributed by atoms with Crippen molar-refractivity contribution in [1.29, 1.82) is 5.26 Å². The van der Waals surface area contributed by atoms with Crippen molar-refractivity contribution in [3.63, 3.8) is 0 Å². The summed E-state index contributed by atoms with van der Waals surface area (Å²) in [6, 6.07) is 5.66. The Morgan fingerprint density at radius 3 is 2.84 bits per heavy atom. The summed E-state index contributed by atoms with van der Waals surface area (Å²) in [5.41, 5.74) is 2.56. The van der Waals surface area contributed by atoms with Crippen LogP contribution in [0.2, 0.25) is 0 Å². The van der Waals surface area contributed by atoms with E-state index in [4.69, 9.17) is 11.7 Å². The zero-order valence-corrected chi connectivity index (χ0v) is 14.2. The Morgan fingerprint density at radius 1 is 1.52 bits per heavy atom. The van der Waals surface area contributed by atoms with E-state index in [-0.39, 0.29) is 11.5 Å². The van der Waals surface area contributed by atoms with E-state index >= 15 is 0 Å². The lowest BCUT2D eigenvalue weighted by molar-refractivity contribution is 0.485. The summed E-state index contributed by atoms with van der Waals surface area (Å²) < 4.78 is 0. The molecule has 1 aliphatic heterocycles. The van der Waals surface area contributed by atoms with Crippen molar-refractivity contribution in [3.05, 3.63) is 33.4 Å². The molecule has 0 amide bonds. The van der Waals surface area contributed by atoms with Crippen LogP contribution in [0.15, 0.2) is 27.4 Å². The minimum atomic E-state index is -0.425. The molecule has 0 aliphatic carbocycles. The van der Waals surface area contributed by atoms with Crippen LogP contribution in [-0.2, 0) is 0 Å². The van der Waals surface area contributed by atoms with Crippen LogP contribution in [0.1, 0.15) is 18.4 Å². The number of hydrogen-bond acceptors (Lipinski definition) is 8. The minimum Gasteiger partial charge on any atom is -0.342 e. The smallest absolute Gasteiger partial charge is 0.270 e. The van der Waals surface area contributed by atoms with Gasteiger partial charge in [-0.25, -0.2) is 10.8 Å². The van der Waals surface area contributed by atoms with Gasteiger partial charge >= 0.3 is 0 Å². The van der Waals surface area contributed by atoms with Crippen molar-refractivity contribution in [1.82, 2.24) is 15.4 Å². The highest BCUT2D eigenvalue weighted by molar-refractivity contribution is 7.13. The summed E-state index contributed by atoms with van der Waals surface area (Å²) in [4.78, 5) is 22.3. The van der Waals surface area contributed by atoms with Gasteiger partial charge in [-0.15, -0.1) is 11.3 Å². The molecular weight excluding hydrogens is 340 g/mol. The Hall–Kier alpha value is -2.90. The highest BCUT2D eigenvalue weighted by atomic mass is 32.1. The van der Waals surface area contributed by atoms with E-state index in [1.54, 1.807) is 0 Å². The van der Waals surface area contributed by atoms with Crippen LogP contribution < -0.4 is 27.6 Å². The zero-order valence-electron chi connectivity index (χ0n) is 13.4. The third kappa shape index (κ3) is 3.33. The molecule has 1 fully saturated rings. The molecule has 6 N–H and O–H groups in total. The number of hydrogen-bond donors (Lipinski definition) is 4. The third-order valence-electron chi connectivity index (χ3n) is 4.24. The van der Waals surface area contributed by atoms with E-state index in [1.165, 1.54) is 11.3 Å². The van der Waals surface area contributed by atoms with Gasteiger partial charge < -0.3 is 16.2 Å². The number of hydrazine groups is 1. The van der Waals surface area contributed by atoms with Crippen LogP contribution in [0.4, 0.5) is 5.95 Å². The number of nitrogens with two attached hydrogens (primary N) is 2. The predicted molar refractivity (Wildman–Crippen MR) is 96.8 cm³/mol. The molecule has 0 spiro atoms. The fourth-order valence-corrected chi connectivity index (χ4v) is 3.65. The van der Waals surface area contributed by atoms with Crippen molar-refractivity contribution in [2.24, 2.45) is 22.7 Å². The zero-order chi connectivity index (χ0) is 17.8. The first-order valence-corrected chi connectivity index (χ1v) is 8.63. The summed E-state index contributed by atoms with van der Waals surface area (Å²) in [7, 11) is 0. The Kier molecular flexibility index (Phi) is 4.97. The second-order valence-electron chi connectivity index (χ2n) is 5.62. The standard InChI is InChI=1S/C15H18N8OS/c16-8-10-12(11-2-1-7-25-11)19-15(20-14(10)24)23-5-3-9(4-6-23)13(21-17)22-18/h1-2,7,9H,3-6,17-18H2,(H,21,22)(H,19,20,24). The van der Waals surface area contributed by atoms with Crippen LogP contribution in [0.25, 0.3) is 10.6 Å². The van der Waals surface area contributed by atoms with E-state index < -0.39 is 5.56 Å². The average Bonchev–Trinajstić information content (AvgIpc) is 3.17. The molecule has 0 unspecified atom stereocenters. The number of nitriles is 1. The molecule has 9 nitrogen and oxygen atoms in total. The molecule has 0 atom stereocenters. The molecule has 1 saturated heterocycles. The number of piperidine rings is 1. The van der Waals surface area contributed by atoms with Crippen LogP contribution >= 0.6 is 11.3 Å². The largest absolute Gasteiger partial charge is 0.342 e. The maximum atomic E-state index is 12.3. The highest BCUT2D eigenvalue weighted by Gasteiger charge is 2.25. The van der Waals surface area contributed by atoms with Gasteiger partial charge in [0, 0.05) is 19.0 Å². The molecule has 25 heavy (non-hydrogen) atoms. The van der Waals surface area contributed by atoms with Crippen LogP contribution in [0.5, 0.6) is 0 Å². The predicted octanol–water partition coefficient (Wildman–Crippen LogP) is 0.322. The van der Waals surface area contributed by atoms with Crippen LogP contribution in [-0.4, -0.2) is 28.9 Å². The van der Waals surface area contributed by atoms with Gasteiger partial charge in [0.2, 0.25) is 5.95 Å². The third-order valence-corrected chi connectivity index (χ3v) is 5.12. The van der Waals surface area contributed by atoms with Gasteiger partial charge in [-0.05, 0) is 24.3 Å². The van der Waals surface area contributed by atoms with Gasteiger partial charge in [-0.3, -0.25) is 9.78 Å². The number of nitrogens with zero attached hydrogens (tertiary/aromatic N) is 4. The molecule has 0 bridgehead atoms. The number of aromatic nitrogens is 2. The number of rotatable bonds is 3. The average molecular weight is 358 g/mol. The quantitative estimate of drug-likeness (QED) is 0.267. The maximum Gasteiger partial charge on any atom is 0.270 e. The summed E-state index contributed by atoms with van der Waals surface area (Å²) in [5, 5.41) is 14.8. The molecule has 0 aromatic carbocycles. The second kappa shape index (κ2) is 7.33. The van der Waals surface area contributed by atoms with Crippen molar-refractivity contribution in [2.45, 2.75) is 12.8 Å². The molecule has 3 rings (SSSR count). The fourth-order valence-electron chi connectivity index (χ4n) is 2.93. The van der Waals surface area contributed by atoms with Gasteiger partial charge in [0.05, 0.1) is 4.88 Å². The van der Waals surface area contributed by atoms with E-state index in [0.717, 1.165) is 17.7 Å². The number of H-pyrrole nitrogens is 1. The monoisotopic (exact) mass is 358 g/mol. The Balaban J connectivity index is 1.87. The summed E-state index contributed by atoms with van der Waals surface area (Å²) >= 11 is 1.44. The van der Waals surface area contributed by atoms with Crippen LogP contribution in [0, 0.1) is 17.2 Å². The van der Waals surface area contributed by atoms with Crippen molar-refractivity contribution in [3.8, 4) is 16.6 Å². The van der Waals surface area contributed by atoms with Gasteiger partial charge in [0.25, 0.3) is 5.56 Å². The van der Waals surface area contributed by atoms with E-state index in [1.807, 2.05) is 28.5 Å². The van der Waals surface area contributed by atoms with Crippen molar-refractivity contribution >= 4 is 23.1 Å². The molecular formula is C15H18N8OS.